The standard InChI is InChI=1S/C28H15FN8OS/c29-23-22-18-13-32-24(23)15-8-16(10-30-9-15)37(28(38)14-4-2-1-3-5-14)21-7-6-20(39-21)17-11-31-12-19-25(17)34-27(33-19)26(22)36-35-18/h1-13H,(H,33,34)(H,35,36). The second-order valence-corrected chi connectivity index (χ2v) is 10.1. The van der Waals surface area contributed by atoms with Gasteiger partial charge in [0, 0.05) is 33.4 Å². The number of hydrogen-bond donors (Lipinski definition) is 2. The minimum Gasteiger partial charge on any atom is -0.335 e. The van der Waals surface area contributed by atoms with Crippen molar-refractivity contribution in [2.45, 2.75) is 0 Å². The van der Waals surface area contributed by atoms with Crippen LogP contribution in [-0.4, -0.2) is 45.6 Å². The molecule has 0 amide bonds. The number of nitrogens with one attached hydrogen (secondary N) is 2. The average Bonchev–Trinajstić information content (AvgIpc) is 3.72. The zero-order chi connectivity index (χ0) is 26.1. The molecule has 0 saturated carbocycles. The lowest BCUT2D eigenvalue weighted by atomic mass is 10.2. The number of nitrogens with zero attached hydrogens (tertiary/aromatic N) is 6. The Kier molecular flexibility index (Phi) is 4.52. The van der Waals surface area contributed by atoms with E-state index in [-0.39, 0.29) is 16.8 Å². The first-order chi connectivity index (χ1) is 19.2. The first-order valence-electron chi connectivity index (χ1n) is 12.0. The van der Waals surface area contributed by atoms with E-state index in [9.17, 15) is 4.79 Å². The third-order valence-corrected chi connectivity index (χ3v) is 7.82. The average molecular weight is 531 g/mol. The maximum Gasteiger partial charge on any atom is 0.263 e. The highest BCUT2D eigenvalue weighted by atomic mass is 32.1. The zero-order valence-electron chi connectivity index (χ0n) is 19.9. The Hall–Kier alpha value is -5.29. The van der Waals surface area contributed by atoms with Gasteiger partial charge >= 0.3 is 0 Å². The highest BCUT2D eigenvalue weighted by Gasteiger charge is 2.17. The number of hydrogen-bond acceptors (Lipinski definition) is 7. The van der Waals surface area contributed by atoms with Gasteiger partial charge in [-0.3, -0.25) is 29.4 Å². The number of halogens is 1. The Balaban J connectivity index is 1.64. The summed E-state index contributed by atoms with van der Waals surface area (Å²) in [4.78, 5) is 35.7. The van der Waals surface area contributed by atoms with Crippen LogP contribution in [0.3, 0.4) is 0 Å². The Bertz CT molecular complexity index is 2330. The van der Waals surface area contributed by atoms with Gasteiger partial charge in [0.15, 0.2) is 11.5 Å². The maximum atomic E-state index is 16.2. The number of aromatic nitrogens is 8. The van der Waals surface area contributed by atoms with E-state index in [1.807, 2.05) is 30.3 Å². The van der Waals surface area contributed by atoms with E-state index in [2.05, 4.69) is 30.1 Å². The van der Waals surface area contributed by atoms with E-state index >= 15 is 4.39 Å². The number of fused-ring (bicyclic) bond motifs is 9. The summed E-state index contributed by atoms with van der Waals surface area (Å²) in [5.74, 6) is -0.811. The van der Waals surface area contributed by atoms with E-state index in [0.29, 0.717) is 49.0 Å². The van der Waals surface area contributed by atoms with Gasteiger partial charge in [-0.15, -0.1) is 11.3 Å². The highest BCUT2D eigenvalue weighted by molar-refractivity contribution is 7.24. The molecule has 8 rings (SSSR count). The van der Waals surface area contributed by atoms with Crippen LogP contribution in [0.15, 0.2) is 79.5 Å². The van der Waals surface area contributed by atoms with Gasteiger partial charge in [0.2, 0.25) is 0 Å². The van der Waals surface area contributed by atoms with Crippen LogP contribution in [0.2, 0.25) is 0 Å². The molecule has 0 aliphatic rings. The van der Waals surface area contributed by atoms with Gasteiger partial charge in [0.25, 0.3) is 5.91 Å². The lowest BCUT2D eigenvalue weighted by Gasteiger charge is -2.08. The Labute approximate surface area is 221 Å². The number of H-pyrrole nitrogens is 2. The smallest absolute Gasteiger partial charge is 0.263 e. The number of imidazole rings is 1. The molecule has 0 atom stereocenters. The molecule has 2 N–H and O–H groups in total. The lowest BCUT2D eigenvalue weighted by molar-refractivity contribution is 0.0969. The lowest BCUT2D eigenvalue weighted by Crippen LogP contribution is -2.12. The summed E-state index contributed by atoms with van der Waals surface area (Å²) >= 11 is 1.42. The maximum absolute atomic E-state index is 16.2. The predicted octanol–water partition coefficient (Wildman–Crippen LogP) is 6.05. The minimum absolute atomic E-state index is 0.0896. The van der Waals surface area contributed by atoms with Crippen molar-refractivity contribution in [3.8, 4) is 0 Å². The molecule has 8 bridgehead atoms. The predicted molar refractivity (Wildman–Crippen MR) is 149 cm³/mol. The normalized spacial score (nSPS) is 11.8. The zero-order valence-corrected chi connectivity index (χ0v) is 20.7. The van der Waals surface area contributed by atoms with Gasteiger partial charge in [-0.1, -0.05) is 18.2 Å². The van der Waals surface area contributed by atoms with Gasteiger partial charge < -0.3 is 4.98 Å². The third-order valence-electron chi connectivity index (χ3n) is 6.72. The summed E-state index contributed by atoms with van der Waals surface area (Å²) in [6.07, 6.45) is 8.05. The molecule has 9 nitrogen and oxygen atoms in total. The fourth-order valence-electron chi connectivity index (χ4n) is 4.90. The summed E-state index contributed by atoms with van der Waals surface area (Å²) in [7, 11) is 0. The van der Waals surface area contributed by atoms with Crippen molar-refractivity contribution in [3.63, 3.8) is 0 Å². The summed E-state index contributed by atoms with van der Waals surface area (Å²) in [6, 6.07) is 14.5. The summed E-state index contributed by atoms with van der Waals surface area (Å²) < 4.78 is 18.6. The van der Waals surface area contributed by atoms with Crippen molar-refractivity contribution < 1.29 is 9.18 Å². The summed E-state index contributed by atoms with van der Waals surface area (Å²) in [6.45, 7) is 0. The quantitative estimate of drug-likeness (QED) is 0.267. The number of benzene rings is 1. The van der Waals surface area contributed by atoms with Gasteiger partial charge in [0.05, 0.1) is 40.5 Å². The van der Waals surface area contributed by atoms with E-state index in [0.717, 1.165) is 10.1 Å². The molecule has 39 heavy (non-hydrogen) atoms. The van der Waals surface area contributed by atoms with Crippen LogP contribution >= 0.6 is 11.3 Å². The van der Waals surface area contributed by atoms with Gasteiger partial charge in [-0.25, -0.2) is 9.37 Å². The number of thiophene rings is 1. The molecule has 11 heteroatoms. The van der Waals surface area contributed by atoms with Gasteiger partial charge in [0.1, 0.15) is 21.4 Å². The molecule has 0 aliphatic carbocycles. The summed E-state index contributed by atoms with van der Waals surface area (Å²) in [5, 5.41) is 8.68. The Morgan fingerprint density at radius 2 is 1.77 bits per heavy atom. The van der Waals surface area contributed by atoms with Crippen LogP contribution in [0.1, 0.15) is 10.4 Å². The van der Waals surface area contributed by atoms with Crippen molar-refractivity contribution in [2.24, 2.45) is 0 Å². The number of pyridine rings is 3. The van der Waals surface area contributed by atoms with E-state index < -0.39 is 5.82 Å². The first kappa shape index (κ1) is 21.8. The molecule has 186 valence electrons. The van der Waals surface area contributed by atoms with Crippen LogP contribution in [0.5, 0.6) is 0 Å². The van der Waals surface area contributed by atoms with Crippen LogP contribution in [0, 0.1) is 5.82 Å². The van der Waals surface area contributed by atoms with Gasteiger partial charge in [-0.2, -0.15) is 5.10 Å². The van der Waals surface area contributed by atoms with E-state index in [1.54, 1.807) is 41.4 Å². The van der Waals surface area contributed by atoms with Crippen molar-refractivity contribution in [3.05, 3.63) is 90.9 Å². The Morgan fingerprint density at radius 1 is 0.897 bits per heavy atom. The number of carbonyl (C=O) groups is 1. The largest absolute Gasteiger partial charge is 0.335 e. The molecule has 1 aromatic carbocycles. The molecule has 7 heterocycles. The second-order valence-electron chi connectivity index (χ2n) is 9.03. The van der Waals surface area contributed by atoms with E-state index in [4.69, 9.17) is 4.98 Å². The molecule has 0 radical (unpaired) electrons. The number of rotatable bonds is 1. The molecule has 0 saturated heterocycles. The topological polar surface area (TPSA) is 118 Å². The van der Waals surface area contributed by atoms with Crippen LogP contribution in [0.25, 0.3) is 64.4 Å². The molecule has 0 aliphatic heterocycles. The fraction of sp³-hybridized carbons (Fsp3) is 0. The van der Waals surface area contributed by atoms with Crippen molar-refractivity contribution >= 4 is 81.7 Å². The minimum atomic E-state index is -0.567. The molecule has 8 aromatic rings. The SMILES string of the molecule is O=C(c1ccccc1)n1c2cncc(c2)c2ncc3[nH]nc(c4nc5c(cncc5c5ccc1s5)[nH]4)c3c2F. The molecular weight excluding hydrogens is 515 g/mol. The molecule has 7 aromatic heterocycles. The molecule has 0 unspecified atom stereocenters. The van der Waals surface area contributed by atoms with E-state index in [1.165, 1.54) is 23.7 Å². The summed E-state index contributed by atoms with van der Waals surface area (Å²) in [5.41, 5.74) is 3.59. The van der Waals surface area contributed by atoms with Crippen LogP contribution in [0.4, 0.5) is 4.39 Å². The first-order valence-corrected chi connectivity index (χ1v) is 12.8. The number of aromatic amines is 2. The van der Waals surface area contributed by atoms with Crippen molar-refractivity contribution in [1.82, 2.24) is 39.7 Å². The second kappa shape index (κ2) is 8.10. The number of carbonyl (C=O) groups excluding carboxylic acids is 1. The molecule has 0 spiro atoms. The van der Waals surface area contributed by atoms with Crippen LogP contribution in [-0.2, 0) is 0 Å². The highest BCUT2D eigenvalue weighted by Crippen LogP contribution is 2.31. The Morgan fingerprint density at radius 3 is 2.67 bits per heavy atom. The third kappa shape index (κ3) is 3.23. The fourth-order valence-corrected chi connectivity index (χ4v) is 5.94. The molecular formula is C28H15FN8OS. The monoisotopic (exact) mass is 530 g/mol. The molecule has 0 fully saturated rings. The van der Waals surface area contributed by atoms with Gasteiger partial charge in [-0.05, 0) is 30.3 Å². The van der Waals surface area contributed by atoms with Crippen molar-refractivity contribution in [1.29, 1.82) is 0 Å². The van der Waals surface area contributed by atoms with Crippen LogP contribution < -0.4 is 0 Å². The van der Waals surface area contributed by atoms with Crippen molar-refractivity contribution in [2.75, 3.05) is 0 Å².